The van der Waals surface area contributed by atoms with E-state index in [9.17, 15) is 18.3 Å². The molecule has 0 radical (unpaired) electrons. The van der Waals surface area contributed by atoms with E-state index in [0.717, 1.165) is 9.87 Å². The molecule has 0 aliphatic rings. The highest BCUT2D eigenvalue weighted by molar-refractivity contribution is 7.89. The predicted octanol–water partition coefficient (Wildman–Crippen LogP) is 2.63. The lowest BCUT2D eigenvalue weighted by molar-refractivity contribution is -0.305. The second-order valence-corrected chi connectivity index (χ2v) is 8.23. The average molecular weight is 401 g/mol. The molecule has 8 heteroatoms. The molecular formula is C17H16Cl2NO4S-. The second kappa shape index (κ2) is 8.19. The summed E-state index contributed by atoms with van der Waals surface area (Å²) in [6.45, 7) is 1.45. The molecular weight excluding hydrogens is 385 g/mol. The third-order valence-corrected chi connectivity index (χ3v) is 6.19. The molecule has 0 aliphatic heterocycles. The lowest BCUT2D eigenvalue weighted by Crippen LogP contribution is -2.35. The van der Waals surface area contributed by atoms with Crippen molar-refractivity contribution in [1.29, 1.82) is 0 Å². The number of sulfonamides is 1. The van der Waals surface area contributed by atoms with Crippen LogP contribution in [0.3, 0.4) is 0 Å². The molecule has 0 atom stereocenters. The minimum Gasteiger partial charge on any atom is -0.550 e. The first-order valence-corrected chi connectivity index (χ1v) is 9.61. The Bertz CT molecular complexity index is 846. The molecule has 0 saturated heterocycles. The van der Waals surface area contributed by atoms with Gasteiger partial charge in [0.05, 0.1) is 4.90 Å². The van der Waals surface area contributed by atoms with Gasteiger partial charge in [0.2, 0.25) is 10.0 Å². The maximum Gasteiger partial charge on any atom is 0.243 e. The van der Waals surface area contributed by atoms with Crippen molar-refractivity contribution in [3.63, 3.8) is 0 Å². The summed E-state index contributed by atoms with van der Waals surface area (Å²) in [4.78, 5) is 10.9. The van der Waals surface area contributed by atoms with Crippen LogP contribution in [0, 0.1) is 6.92 Å². The van der Waals surface area contributed by atoms with Crippen molar-refractivity contribution in [2.24, 2.45) is 0 Å². The zero-order valence-corrected chi connectivity index (χ0v) is 15.7. The lowest BCUT2D eigenvalue weighted by Gasteiger charge is -2.23. The van der Waals surface area contributed by atoms with E-state index >= 15 is 0 Å². The molecule has 0 fully saturated rings. The highest BCUT2D eigenvalue weighted by Gasteiger charge is 2.26. The van der Waals surface area contributed by atoms with Gasteiger partial charge in [-0.05, 0) is 31.2 Å². The van der Waals surface area contributed by atoms with Gasteiger partial charge in [-0.3, -0.25) is 0 Å². The van der Waals surface area contributed by atoms with Crippen LogP contribution in [0.4, 0.5) is 0 Å². The monoisotopic (exact) mass is 400 g/mol. The molecule has 5 nitrogen and oxygen atoms in total. The number of carbonyl (C=O) groups is 1. The Hall–Kier alpha value is -1.60. The standard InChI is InChI=1S/C17H17Cl2NO4S/c1-12-5-7-13(8-6-12)25(23,24)20(10-9-17(21)22)11-14-15(18)3-2-4-16(14)19/h2-8H,9-11H2,1H3,(H,21,22)/p-1. The third kappa shape index (κ3) is 4.95. The fourth-order valence-corrected chi connectivity index (χ4v) is 4.15. The van der Waals surface area contributed by atoms with E-state index in [1.807, 2.05) is 6.92 Å². The maximum atomic E-state index is 12.9. The quantitative estimate of drug-likeness (QED) is 0.715. The van der Waals surface area contributed by atoms with E-state index in [0.29, 0.717) is 15.6 Å². The van der Waals surface area contributed by atoms with Crippen molar-refractivity contribution in [2.75, 3.05) is 6.54 Å². The fourth-order valence-electron chi connectivity index (χ4n) is 2.22. The third-order valence-electron chi connectivity index (χ3n) is 3.62. The van der Waals surface area contributed by atoms with Gasteiger partial charge < -0.3 is 9.90 Å². The number of aliphatic carboxylic acids is 1. The van der Waals surface area contributed by atoms with Crippen molar-refractivity contribution < 1.29 is 18.3 Å². The van der Waals surface area contributed by atoms with Crippen molar-refractivity contribution in [3.8, 4) is 0 Å². The normalized spacial score (nSPS) is 11.7. The highest BCUT2D eigenvalue weighted by atomic mass is 35.5. The number of aryl methyl sites for hydroxylation is 1. The van der Waals surface area contributed by atoms with Crippen LogP contribution in [0.1, 0.15) is 17.5 Å². The predicted molar refractivity (Wildman–Crippen MR) is 94.9 cm³/mol. The Balaban J connectivity index is 2.41. The average Bonchev–Trinajstić information content (AvgIpc) is 2.53. The Morgan fingerprint density at radius 2 is 1.64 bits per heavy atom. The van der Waals surface area contributed by atoms with Gasteiger partial charge in [0, 0.05) is 41.1 Å². The van der Waals surface area contributed by atoms with Gasteiger partial charge >= 0.3 is 0 Å². The minimum absolute atomic E-state index is 0.0691. The van der Waals surface area contributed by atoms with Gasteiger partial charge in [-0.15, -0.1) is 0 Å². The zero-order valence-electron chi connectivity index (χ0n) is 13.4. The van der Waals surface area contributed by atoms with Crippen LogP contribution in [-0.4, -0.2) is 25.2 Å². The molecule has 0 aliphatic carbocycles. The van der Waals surface area contributed by atoms with Crippen molar-refractivity contribution >= 4 is 39.2 Å². The molecule has 0 spiro atoms. The molecule has 25 heavy (non-hydrogen) atoms. The first kappa shape index (κ1) is 19.7. The van der Waals surface area contributed by atoms with E-state index in [1.54, 1.807) is 30.3 Å². The van der Waals surface area contributed by atoms with Crippen LogP contribution in [0.2, 0.25) is 10.0 Å². The van der Waals surface area contributed by atoms with Gasteiger partial charge in [-0.1, -0.05) is 47.0 Å². The van der Waals surface area contributed by atoms with Crippen LogP contribution >= 0.6 is 23.2 Å². The SMILES string of the molecule is Cc1ccc(S(=O)(=O)N(CCC(=O)[O-])Cc2c(Cl)cccc2Cl)cc1. The highest BCUT2D eigenvalue weighted by Crippen LogP contribution is 2.28. The number of benzene rings is 2. The topological polar surface area (TPSA) is 77.5 Å². The number of carboxylic acids is 1. The van der Waals surface area contributed by atoms with E-state index in [2.05, 4.69) is 0 Å². The summed E-state index contributed by atoms with van der Waals surface area (Å²) in [5.74, 6) is -1.34. The lowest BCUT2D eigenvalue weighted by atomic mass is 10.2. The van der Waals surface area contributed by atoms with Gasteiger partial charge in [0.15, 0.2) is 0 Å². The van der Waals surface area contributed by atoms with E-state index in [1.165, 1.54) is 12.1 Å². The molecule has 0 heterocycles. The van der Waals surface area contributed by atoms with Crippen LogP contribution < -0.4 is 5.11 Å². The summed E-state index contributed by atoms with van der Waals surface area (Å²) in [5, 5.41) is 11.4. The number of halogens is 2. The van der Waals surface area contributed by atoms with E-state index < -0.39 is 22.4 Å². The smallest absolute Gasteiger partial charge is 0.243 e. The summed E-state index contributed by atoms with van der Waals surface area (Å²) in [7, 11) is -3.92. The summed E-state index contributed by atoms with van der Waals surface area (Å²) in [6.07, 6.45) is -0.437. The molecule has 134 valence electrons. The number of carbonyl (C=O) groups excluding carboxylic acids is 1. The first-order valence-electron chi connectivity index (χ1n) is 7.41. The number of nitrogens with zero attached hydrogens (tertiary/aromatic N) is 1. The van der Waals surface area contributed by atoms with Gasteiger partial charge in [0.25, 0.3) is 0 Å². The molecule has 2 rings (SSSR count). The number of carboxylic acid groups (broad SMARTS) is 1. The Kier molecular flexibility index (Phi) is 6.46. The molecule has 0 amide bonds. The summed E-state index contributed by atoms with van der Waals surface area (Å²) >= 11 is 12.2. The van der Waals surface area contributed by atoms with Crippen molar-refractivity contribution in [1.82, 2.24) is 4.31 Å². The summed E-state index contributed by atoms with van der Waals surface area (Å²) in [6, 6.07) is 11.1. The van der Waals surface area contributed by atoms with Gasteiger partial charge in [-0.25, -0.2) is 8.42 Å². The Morgan fingerprint density at radius 3 is 2.16 bits per heavy atom. The zero-order chi connectivity index (χ0) is 18.6. The molecule has 0 unspecified atom stereocenters. The van der Waals surface area contributed by atoms with Crippen LogP contribution in [0.25, 0.3) is 0 Å². The molecule has 0 N–H and O–H groups in total. The fraction of sp³-hybridized carbons (Fsp3) is 0.235. The summed E-state index contributed by atoms with van der Waals surface area (Å²) < 4.78 is 26.9. The van der Waals surface area contributed by atoms with E-state index in [4.69, 9.17) is 23.2 Å². The number of hydrogen-bond donors (Lipinski definition) is 0. The molecule has 2 aromatic carbocycles. The molecule has 0 saturated carbocycles. The van der Waals surface area contributed by atoms with Gasteiger partial charge in [0.1, 0.15) is 0 Å². The van der Waals surface area contributed by atoms with E-state index in [-0.39, 0.29) is 18.0 Å². The van der Waals surface area contributed by atoms with Gasteiger partial charge in [-0.2, -0.15) is 4.31 Å². The molecule has 0 aromatic heterocycles. The second-order valence-electron chi connectivity index (χ2n) is 5.47. The molecule has 2 aromatic rings. The first-order chi connectivity index (χ1) is 11.7. The van der Waals surface area contributed by atoms with Crippen molar-refractivity contribution in [3.05, 3.63) is 63.6 Å². The number of hydrogen-bond acceptors (Lipinski definition) is 4. The van der Waals surface area contributed by atoms with Crippen LogP contribution in [0.5, 0.6) is 0 Å². The Morgan fingerprint density at radius 1 is 1.08 bits per heavy atom. The van der Waals surface area contributed by atoms with Crippen LogP contribution in [-0.2, 0) is 21.4 Å². The van der Waals surface area contributed by atoms with Crippen molar-refractivity contribution in [2.45, 2.75) is 24.8 Å². The summed E-state index contributed by atoms with van der Waals surface area (Å²) in [5.41, 5.74) is 1.33. The molecule has 0 bridgehead atoms. The number of rotatable bonds is 7. The largest absolute Gasteiger partial charge is 0.550 e. The minimum atomic E-state index is -3.92. The maximum absolute atomic E-state index is 12.9. The Labute approximate surface area is 156 Å². The van der Waals surface area contributed by atoms with Crippen LogP contribution in [0.15, 0.2) is 47.4 Å².